The Bertz CT molecular complexity index is 1100. The first-order valence-corrected chi connectivity index (χ1v) is 10.4. The summed E-state index contributed by atoms with van der Waals surface area (Å²) in [7, 11) is -4.14. The molecule has 9 nitrogen and oxygen atoms in total. The molecule has 0 radical (unpaired) electrons. The van der Waals surface area contributed by atoms with Crippen LogP contribution in [-0.4, -0.2) is 38.2 Å². The number of benzene rings is 1. The van der Waals surface area contributed by atoms with Crippen molar-refractivity contribution in [2.75, 3.05) is 22.8 Å². The Morgan fingerprint density at radius 2 is 2.00 bits per heavy atom. The molecule has 1 aliphatic heterocycles. The molecule has 10 heteroatoms. The Morgan fingerprint density at radius 1 is 1.28 bits per heavy atom. The van der Waals surface area contributed by atoms with Gasteiger partial charge in [0.2, 0.25) is 0 Å². The lowest BCUT2D eigenvalue weighted by molar-refractivity contribution is 0.0636. The topological polar surface area (TPSA) is 118 Å². The van der Waals surface area contributed by atoms with Crippen LogP contribution in [0, 0.1) is 6.92 Å². The highest BCUT2D eigenvalue weighted by atomic mass is 32.2. The van der Waals surface area contributed by atoms with Gasteiger partial charge in [0.05, 0.1) is 12.2 Å². The first kappa shape index (κ1) is 20.7. The van der Waals surface area contributed by atoms with Crippen LogP contribution in [0.4, 0.5) is 16.2 Å². The number of amides is 1. The number of carbonyl (C=O) groups is 1. The van der Waals surface area contributed by atoms with Gasteiger partial charge in [0.1, 0.15) is 18.0 Å². The minimum absolute atomic E-state index is 0.0264. The molecule has 0 unspecified atom stereocenters. The summed E-state index contributed by atoms with van der Waals surface area (Å²) in [6, 6.07) is 5.94. The van der Waals surface area contributed by atoms with Crippen LogP contribution in [0.5, 0.6) is 5.75 Å². The van der Waals surface area contributed by atoms with E-state index in [9.17, 15) is 18.0 Å². The number of ether oxygens (including phenoxy) is 2. The number of aromatic amines is 1. The molecule has 1 aromatic carbocycles. The Balaban J connectivity index is 1.98. The third-order valence-corrected chi connectivity index (χ3v) is 5.82. The second kappa shape index (κ2) is 7.43. The van der Waals surface area contributed by atoms with Crippen molar-refractivity contribution in [3.8, 4) is 5.75 Å². The molecule has 1 aromatic heterocycles. The summed E-state index contributed by atoms with van der Waals surface area (Å²) in [5.41, 5.74) is -0.209. The largest absolute Gasteiger partial charge is 0.489 e. The van der Waals surface area contributed by atoms with Crippen molar-refractivity contribution in [1.82, 2.24) is 4.98 Å². The number of carbonyl (C=O) groups excluding carboxylic acids is 1. The Kier molecular flexibility index (Phi) is 5.31. The second-order valence-electron chi connectivity index (χ2n) is 7.61. The van der Waals surface area contributed by atoms with Crippen LogP contribution in [-0.2, 0) is 14.8 Å². The van der Waals surface area contributed by atoms with Crippen molar-refractivity contribution < 1.29 is 22.7 Å². The third-order valence-electron chi connectivity index (χ3n) is 4.01. The Labute approximate surface area is 168 Å². The summed E-state index contributed by atoms with van der Waals surface area (Å²) >= 11 is 0. The Hall–Kier alpha value is -3.01. The molecule has 0 saturated heterocycles. The van der Waals surface area contributed by atoms with Crippen molar-refractivity contribution in [2.45, 2.75) is 38.2 Å². The standard InChI is InChI=1S/C19H23N3O6S/c1-12-9-16(17(23)20-11-12)29(25,26)22-7-8-27-15-6-5-13(10-14(15)22)21-18(24)28-19(2,3)4/h5-6,9-11H,7-8H2,1-4H3,(H,20,23)(H,21,24). The number of hydrogen-bond acceptors (Lipinski definition) is 6. The summed E-state index contributed by atoms with van der Waals surface area (Å²) in [5.74, 6) is 0.332. The molecule has 2 N–H and O–H groups in total. The van der Waals surface area contributed by atoms with E-state index in [1.54, 1.807) is 39.8 Å². The van der Waals surface area contributed by atoms with Crippen molar-refractivity contribution in [1.29, 1.82) is 0 Å². The predicted molar refractivity (Wildman–Crippen MR) is 108 cm³/mol. The molecule has 156 valence electrons. The van der Waals surface area contributed by atoms with E-state index in [0.29, 0.717) is 17.0 Å². The van der Waals surface area contributed by atoms with Crippen molar-refractivity contribution in [3.05, 3.63) is 46.4 Å². The SMILES string of the molecule is Cc1c[nH]c(=O)c(S(=O)(=O)N2CCOc3ccc(NC(=O)OC(C)(C)C)cc32)c1. The molecule has 0 fully saturated rings. The molecule has 2 heterocycles. The summed E-state index contributed by atoms with van der Waals surface area (Å²) in [5, 5.41) is 2.57. The molecule has 0 spiro atoms. The van der Waals surface area contributed by atoms with Gasteiger partial charge in [-0.25, -0.2) is 13.2 Å². The van der Waals surface area contributed by atoms with Crippen LogP contribution in [0.3, 0.4) is 0 Å². The average Bonchev–Trinajstić information content (AvgIpc) is 2.61. The molecule has 1 amide bonds. The molecule has 3 rings (SSSR count). The maximum Gasteiger partial charge on any atom is 0.412 e. The van der Waals surface area contributed by atoms with Gasteiger partial charge in [-0.1, -0.05) is 0 Å². The summed E-state index contributed by atoms with van der Waals surface area (Å²) in [6.07, 6.45) is 0.774. The molecule has 2 aromatic rings. The highest BCUT2D eigenvalue weighted by molar-refractivity contribution is 7.92. The normalized spacial score (nSPS) is 14.0. The lowest BCUT2D eigenvalue weighted by Crippen LogP contribution is -2.40. The fraction of sp³-hybridized carbons (Fsp3) is 0.368. The number of aryl methyl sites for hydroxylation is 1. The van der Waals surface area contributed by atoms with E-state index in [-0.39, 0.29) is 23.7 Å². The van der Waals surface area contributed by atoms with Gasteiger partial charge in [0.25, 0.3) is 15.6 Å². The van der Waals surface area contributed by atoms with E-state index in [2.05, 4.69) is 10.3 Å². The zero-order valence-corrected chi connectivity index (χ0v) is 17.4. The highest BCUT2D eigenvalue weighted by Crippen LogP contribution is 2.37. The minimum Gasteiger partial charge on any atom is -0.489 e. The van der Waals surface area contributed by atoms with Crippen LogP contribution in [0.1, 0.15) is 26.3 Å². The van der Waals surface area contributed by atoms with Crippen molar-refractivity contribution >= 4 is 27.5 Å². The van der Waals surface area contributed by atoms with Gasteiger partial charge in [-0.2, -0.15) is 0 Å². The number of sulfonamides is 1. The van der Waals surface area contributed by atoms with Gasteiger partial charge >= 0.3 is 6.09 Å². The van der Waals surface area contributed by atoms with Gasteiger partial charge in [0, 0.05) is 11.9 Å². The number of aromatic nitrogens is 1. The van der Waals surface area contributed by atoms with E-state index in [1.807, 2.05) is 0 Å². The monoisotopic (exact) mass is 421 g/mol. The number of nitrogens with zero attached hydrogens (tertiary/aromatic N) is 1. The van der Waals surface area contributed by atoms with E-state index in [4.69, 9.17) is 9.47 Å². The molecule has 0 atom stereocenters. The number of anilines is 2. The van der Waals surface area contributed by atoms with Gasteiger partial charge < -0.3 is 14.5 Å². The summed E-state index contributed by atoms with van der Waals surface area (Å²) in [4.78, 5) is 26.3. The summed E-state index contributed by atoms with van der Waals surface area (Å²) < 4.78 is 38.2. The van der Waals surface area contributed by atoms with Crippen LogP contribution >= 0.6 is 0 Å². The minimum atomic E-state index is -4.14. The lowest BCUT2D eigenvalue weighted by Gasteiger charge is -2.30. The number of pyridine rings is 1. The van der Waals surface area contributed by atoms with Gasteiger partial charge in [-0.3, -0.25) is 14.4 Å². The maximum atomic E-state index is 13.2. The lowest BCUT2D eigenvalue weighted by atomic mass is 10.2. The smallest absolute Gasteiger partial charge is 0.412 e. The molecule has 0 bridgehead atoms. The molecule has 29 heavy (non-hydrogen) atoms. The fourth-order valence-corrected chi connectivity index (χ4v) is 4.40. The quantitative estimate of drug-likeness (QED) is 0.787. The van der Waals surface area contributed by atoms with Crippen molar-refractivity contribution in [2.24, 2.45) is 0 Å². The summed E-state index contributed by atoms with van der Waals surface area (Å²) in [6.45, 7) is 7.06. The molecule has 0 aliphatic carbocycles. The van der Waals surface area contributed by atoms with Crippen LogP contribution in [0.2, 0.25) is 0 Å². The van der Waals surface area contributed by atoms with Crippen LogP contribution in [0.25, 0.3) is 0 Å². The van der Waals surface area contributed by atoms with E-state index in [1.165, 1.54) is 18.3 Å². The second-order valence-corrected chi connectivity index (χ2v) is 9.44. The van der Waals surface area contributed by atoms with E-state index < -0.39 is 27.3 Å². The van der Waals surface area contributed by atoms with Crippen LogP contribution < -0.4 is 19.9 Å². The molecule has 1 aliphatic rings. The average molecular weight is 421 g/mol. The Morgan fingerprint density at radius 3 is 2.69 bits per heavy atom. The first-order valence-electron chi connectivity index (χ1n) is 8.96. The molecular weight excluding hydrogens is 398 g/mol. The zero-order chi connectivity index (χ0) is 21.4. The molecule has 0 saturated carbocycles. The number of fused-ring (bicyclic) bond motifs is 1. The van der Waals surface area contributed by atoms with Gasteiger partial charge in [-0.05, 0) is 57.5 Å². The molecular formula is C19H23N3O6S. The highest BCUT2D eigenvalue weighted by Gasteiger charge is 2.32. The van der Waals surface area contributed by atoms with Crippen LogP contribution in [0.15, 0.2) is 40.2 Å². The van der Waals surface area contributed by atoms with Crippen molar-refractivity contribution in [3.63, 3.8) is 0 Å². The number of hydrogen-bond donors (Lipinski definition) is 2. The van der Waals surface area contributed by atoms with Gasteiger partial charge in [-0.15, -0.1) is 0 Å². The number of rotatable bonds is 3. The van der Waals surface area contributed by atoms with Gasteiger partial charge in [0.15, 0.2) is 4.90 Å². The maximum absolute atomic E-state index is 13.2. The van der Waals surface area contributed by atoms with E-state index in [0.717, 1.165) is 4.31 Å². The third kappa shape index (κ3) is 4.53. The zero-order valence-electron chi connectivity index (χ0n) is 16.6. The predicted octanol–water partition coefficient (Wildman–Crippen LogP) is 2.62. The first-order chi connectivity index (χ1) is 13.5. The number of H-pyrrole nitrogens is 1. The number of nitrogens with one attached hydrogen (secondary N) is 2. The fourth-order valence-electron chi connectivity index (χ4n) is 2.82. The van der Waals surface area contributed by atoms with E-state index >= 15 is 0 Å².